The summed E-state index contributed by atoms with van der Waals surface area (Å²) in [4.78, 5) is 34.8. The minimum Gasteiger partial charge on any atom is -0.482 e. The summed E-state index contributed by atoms with van der Waals surface area (Å²) in [7, 11) is 0. The third kappa shape index (κ3) is 6.06. The molecule has 0 aliphatic carbocycles. The zero-order chi connectivity index (χ0) is 19.1. The molecule has 136 valence electrons. The van der Waals surface area contributed by atoms with Crippen LogP contribution in [0, 0.1) is 0 Å². The lowest BCUT2D eigenvalue weighted by molar-refractivity contribution is -0.149. The Hall–Kier alpha value is -2.57. The number of halogens is 2. The van der Waals surface area contributed by atoms with Crippen LogP contribution in [0.3, 0.4) is 0 Å². The number of benzene rings is 2. The third-order valence-corrected chi connectivity index (χ3v) is 3.73. The number of amides is 1. The topological polar surface area (TPSA) is 81.7 Å². The summed E-state index contributed by atoms with van der Waals surface area (Å²) in [6, 6.07) is 11.0. The van der Waals surface area contributed by atoms with Gasteiger partial charge in [0.25, 0.3) is 5.91 Å². The van der Waals surface area contributed by atoms with Gasteiger partial charge in [0.05, 0.1) is 10.7 Å². The number of hydrogen-bond acceptors (Lipinski definition) is 5. The highest BCUT2D eigenvalue weighted by molar-refractivity contribution is 6.35. The molecule has 0 bridgehead atoms. The van der Waals surface area contributed by atoms with Gasteiger partial charge in [-0.05, 0) is 37.3 Å². The minimum absolute atomic E-state index is 0.116. The highest BCUT2D eigenvalue weighted by Gasteiger charge is 2.11. The molecule has 0 saturated heterocycles. The number of ketones is 1. The zero-order valence-corrected chi connectivity index (χ0v) is 15.3. The third-order valence-electron chi connectivity index (χ3n) is 3.16. The van der Waals surface area contributed by atoms with Gasteiger partial charge in [-0.3, -0.25) is 9.59 Å². The lowest BCUT2D eigenvalue weighted by Gasteiger charge is -2.09. The number of anilines is 1. The van der Waals surface area contributed by atoms with Crippen molar-refractivity contribution in [3.63, 3.8) is 0 Å². The van der Waals surface area contributed by atoms with Gasteiger partial charge in [0.1, 0.15) is 5.75 Å². The number of Topliss-reactive ketones (excluding diaryl/α,β-unsaturated/α-hetero) is 1. The van der Waals surface area contributed by atoms with E-state index < -0.39 is 25.1 Å². The first-order valence-corrected chi connectivity index (χ1v) is 8.25. The summed E-state index contributed by atoms with van der Waals surface area (Å²) in [5.74, 6) is -1.06. The first-order valence-electron chi connectivity index (χ1n) is 7.49. The van der Waals surface area contributed by atoms with Gasteiger partial charge in [-0.1, -0.05) is 35.3 Å². The first-order chi connectivity index (χ1) is 12.3. The maximum atomic E-state index is 11.8. The second-order valence-electron chi connectivity index (χ2n) is 5.21. The fraction of sp³-hybridized carbons (Fsp3) is 0.167. The maximum absolute atomic E-state index is 11.8. The van der Waals surface area contributed by atoms with Crippen molar-refractivity contribution in [3.8, 4) is 5.75 Å². The SMILES string of the molecule is CC(=O)c1cccc(OCC(=O)OCC(=O)Nc2cc(Cl)ccc2Cl)c1. The van der Waals surface area contributed by atoms with Crippen LogP contribution in [0.2, 0.25) is 10.0 Å². The Morgan fingerprint density at radius 1 is 1.04 bits per heavy atom. The number of carbonyl (C=O) groups is 3. The molecule has 0 spiro atoms. The van der Waals surface area contributed by atoms with Gasteiger partial charge in [-0.15, -0.1) is 0 Å². The van der Waals surface area contributed by atoms with E-state index in [2.05, 4.69) is 5.32 Å². The van der Waals surface area contributed by atoms with E-state index in [0.717, 1.165) is 0 Å². The predicted molar refractivity (Wildman–Crippen MR) is 98.0 cm³/mol. The van der Waals surface area contributed by atoms with Crippen LogP contribution in [0.4, 0.5) is 5.69 Å². The lowest BCUT2D eigenvalue weighted by Crippen LogP contribution is -2.23. The van der Waals surface area contributed by atoms with Gasteiger partial charge in [0, 0.05) is 10.6 Å². The Balaban J connectivity index is 1.79. The average Bonchev–Trinajstić information content (AvgIpc) is 2.61. The molecule has 8 heteroatoms. The molecule has 2 rings (SSSR count). The van der Waals surface area contributed by atoms with Crippen LogP contribution < -0.4 is 10.1 Å². The van der Waals surface area contributed by atoms with Crippen molar-refractivity contribution in [1.82, 2.24) is 0 Å². The molecule has 0 atom stereocenters. The smallest absolute Gasteiger partial charge is 0.344 e. The molecular weight excluding hydrogens is 381 g/mol. The van der Waals surface area contributed by atoms with Crippen LogP contribution in [0.15, 0.2) is 42.5 Å². The predicted octanol–water partition coefficient (Wildman–Crippen LogP) is 3.76. The fourth-order valence-electron chi connectivity index (χ4n) is 1.91. The standard InChI is InChI=1S/C18H15Cl2NO5/c1-11(22)12-3-2-4-14(7-12)25-10-18(24)26-9-17(23)21-16-8-13(19)5-6-15(16)20/h2-8H,9-10H2,1H3,(H,21,23). The Bertz CT molecular complexity index is 838. The van der Waals surface area contributed by atoms with E-state index in [4.69, 9.17) is 32.7 Å². The van der Waals surface area contributed by atoms with Gasteiger partial charge in [0.2, 0.25) is 0 Å². The number of carbonyl (C=O) groups excluding carboxylic acids is 3. The maximum Gasteiger partial charge on any atom is 0.344 e. The van der Waals surface area contributed by atoms with Crippen LogP contribution in [0.25, 0.3) is 0 Å². The van der Waals surface area contributed by atoms with E-state index >= 15 is 0 Å². The summed E-state index contributed by atoms with van der Waals surface area (Å²) in [6.07, 6.45) is 0. The van der Waals surface area contributed by atoms with E-state index in [-0.39, 0.29) is 5.78 Å². The van der Waals surface area contributed by atoms with Crippen molar-refractivity contribution in [1.29, 1.82) is 0 Å². The molecule has 0 radical (unpaired) electrons. The van der Waals surface area contributed by atoms with Gasteiger partial charge < -0.3 is 14.8 Å². The molecule has 0 heterocycles. The summed E-state index contributed by atoms with van der Waals surface area (Å²) in [6.45, 7) is 0.531. The first kappa shape index (κ1) is 19.8. The average molecular weight is 396 g/mol. The second-order valence-corrected chi connectivity index (χ2v) is 6.05. The molecule has 6 nitrogen and oxygen atoms in total. The minimum atomic E-state index is -0.731. The molecule has 2 aromatic rings. The van der Waals surface area contributed by atoms with Gasteiger partial charge >= 0.3 is 5.97 Å². The van der Waals surface area contributed by atoms with Crippen LogP contribution in [0.5, 0.6) is 5.75 Å². The number of rotatable bonds is 7. The summed E-state index contributed by atoms with van der Waals surface area (Å²) in [5.41, 5.74) is 0.783. The van der Waals surface area contributed by atoms with Crippen molar-refractivity contribution in [2.24, 2.45) is 0 Å². The van der Waals surface area contributed by atoms with E-state index in [1.165, 1.54) is 25.1 Å². The van der Waals surface area contributed by atoms with E-state index in [1.54, 1.807) is 24.3 Å². The summed E-state index contributed by atoms with van der Waals surface area (Å²) < 4.78 is 10.1. The zero-order valence-electron chi connectivity index (χ0n) is 13.8. The van der Waals surface area contributed by atoms with Gasteiger partial charge in [-0.2, -0.15) is 0 Å². The molecule has 0 unspecified atom stereocenters. The Morgan fingerprint density at radius 2 is 1.81 bits per heavy atom. The highest BCUT2D eigenvalue weighted by atomic mass is 35.5. The number of hydrogen-bond donors (Lipinski definition) is 1. The van der Waals surface area contributed by atoms with Crippen LogP contribution >= 0.6 is 23.2 Å². The van der Waals surface area contributed by atoms with Crippen molar-refractivity contribution in [2.45, 2.75) is 6.92 Å². The number of ether oxygens (including phenoxy) is 2. The molecule has 2 aromatic carbocycles. The fourth-order valence-corrected chi connectivity index (χ4v) is 2.25. The number of nitrogens with one attached hydrogen (secondary N) is 1. The van der Waals surface area contributed by atoms with Gasteiger partial charge in [-0.25, -0.2) is 4.79 Å². The van der Waals surface area contributed by atoms with Crippen molar-refractivity contribution in [2.75, 3.05) is 18.5 Å². The summed E-state index contributed by atoms with van der Waals surface area (Å²) >= 11 is 11.8. The number of esters is 1. The monoisotopic (exact) mass is 395 g/mol. The molecule has 0 aromatic heterocycles. The quantitative estimate of drug-likeness (QED) is 0.570. The highest BCUT2D eigenvalue weighted by Crippen LogP contribution is 2.25. The van der Waals surface area contributed by atoms with Crippen molar-refractivity contribution >= 4 is 46.5 Å². The van der Waals surface area contributed by atoms with Crippen LogP contribution in [-0.4, -0.2) is 30.9 Å². The molecule has 26 heavy (non-hydrogen) atoms. The Labute approximate surface area is 160 Å². The van der Waals surface area contributed by atoms with Crippen molar-refractivity contribution < 1.29 is 23.9 Å². The molecule has 1 amide bonds. The normalized spacial score (nSPS) is 10.1. The Morgan fingerprint density at radius 3 is 2.54 bits per heavy atom. The lowest BCUT2D eigenvalue weighted by atomic mass is 10.1. The molecule has 0 aliphatic heterocycles. The van der Waals surface area contributed by atoms with E-state index in [1.807, 2.05) is 0 Å². The molecule has 0 saturated carbocycles. The van der Waals surface area contributed by atoms with E-state index in [0.29, 0.717) is 27.0 Å². The molecular formula is C18H15Cl2NO5. The summed E-state index contributed by atoms with van der Waals surface area (Å²) in [5, 5.41) is 3.20. The molecule has 0 aliphatic rings. The Kier molecular flexibility index (Phi) is 7.00. The molecule has 0 fully saturated rings. The largest absolute Gasteiger partial charge is 0.482 e. The van der Waals surface area contributed by atoms with E-state index in [9.17, 15) is 14.4 Å². The van der Waals surface area contributed by atoms with Crippen LogP contribution in [0.1, 0.15) is 17.3 Å². The molecule has 1 N–H and O–H groups in total. The van der Waals surface area contributed by atoms with Crippen LogP contribution in [-0.2, 0) is 14.3 Å². The second kappa shape index (κ2) is 9.22. The van der Waals surface area contributed by atoms with Gasteiger partial charge in [0.15, 0.2) is 19.0 Å². The van der Waals surface area contributed by atoms with Crippen molar-refractivity contribution in [3.05, 3.63) is 58.1 Å².